The van der Waals surface area contributed by atoms with Gasteiger partial charge >= 0.3 is 6.18 Å². The molecule has 0 unspecified atom stereocenters. The minimum absolute atomic E-state index is 0.0358. The second-order valence-corrected chi connectivity index (χ2v) is 3.66. The fraction of sp³-hybridized carbons (Fsp3) is 0.222. The van der Waals surface area contributed by atoms with Crippen LogP contribution in [-0.4, -0.2) is 26.4 Å². The first-order valence-corrected chi connectivity index (χ1v) is 4.84. The molecule has 6 nitrogen and oxygen atoms in total. The minimum Gasteiger partial charge on any atom is -0.399 e. The van der Waals surface area contributed by atoms with Crippen molar-refractivity contribution in [1.29, 1.82) is 0 Å². The van der Waals surface area contributed by atoms with E-state index in [1.165, 1.54) is 18.2 Å². The largest absolute Gasteiger partial charge is 0.408 e. The van der Waals surface area contributed by atoms with Gasteiger partial charge in [-0.05, 0) is 28.6 Å². The number of nitrogens with two attached hydrogens (primary N) is 2. The van der Waals surface area contributed by atoms with Crippen LogP contribution in [0, 0.1) is 0 Å². The normalized spacial score (nSPS) is 11.7. The molecule has 0 saturated heterocycles. The van der Waals surface area contributed by atoms with Gasteiger partial charge in [0.2, 0.25) is 0 Å². The van der Waals surface area contributed by atoms with Gasteiger partial charge in [-0.1, -0.05) is 0 Å². The van der Waals surface area contributed by atoms with E-state index in [2.05, 4.69) is 15.5 Å². The number of nitrogen functional groups attached to an aromatic ring is 2. The summed E-state index contributed by atoms with van der Waals surface area (Å²) in [6, 6.07) is 4.39. The highest BCUT2D eigenvalue weighted by Crippen LogP contribution is 2.25. The van der Waals surface area contributed by atoms with Crippen molar-refractivity contribution in [1.82, 2.24) is 20.2 Å². The van der Waals surface area contributed by atoms with Crippen LogP contribution in [0.15, 0.2) is 18.2 Å². The number of nitrogens with zero attached hydrogens (tertiary/aromatic N) is 4. The monoisotopic (exact) mass is 258 g/mol. The summed E-state index contributed by atoms with van der Waals surface area (Å²) in [5, 5.41) is 10.1. The second kappa shape index (κ2) is 4.17. The number of tetrazole rings is 1. The molecule has 2 rings (SSSR count). The fourth-order valence-electron chi connectivity index (χ4n) is 1.49. The standard InChI is InChI=1S/C9H9F3N6/c10-9(11,12)4-18-8(15-16-17-18)5-1-6(13)3-7(14)2-5/h1-3H,4,13-14H2. The van der Waals surface area contributed by atoms with E-state index in [1.807, 2.05) is 0 Å². The molecule has 0 radical (unpaired) electrons. The van der Waals surface area contributed by atoms with E-state index in [1.54, 1.807) is 0 Å². The topological polar surface area (TPSA) is 95.6 Å². The summed E-state index contributed by atoms with van der Waals surface area (Å²) >= 11 is 0. The summed E-state index contributed by atoms with van der Waals surface area (Å²) < 4.78 is 37.6. The van der Waals surface area contributed by atoms with Crippen LogP contribution in [0.5, 0.6) is 0 Å². The fourth-order valence-corrected chi connectivity index (χ4v) is 1.49. The maximum Gasteiger partial charge on any atom is 0.408 e. The van der Waals surface area contributed by atoms with Gasteiger partial charge in [-0.25, -0.2) is 4.68 Å². The maximum atomic E-state index is 12.3. The highest BCUT2D eigenvalue weighted by Gasteiger charge is 2.30. The van der Waals surface area contributed by atoms with Gasteiger partial charge in [0.25, 0.3) is 0 Å². The number of rotatable bonds is 2. The lowest BCUT2D eigenvalue weighted by atomic mass is 10.1. The van der Waals surface area contributed by atoms with Crippen molar-refractivity contribution in [3.05, 3.63) is 18.2 Å². The average Bonchev–Trinajstić information content (AvgIpc) is 2.61. The Hall–Kier alpha value is -2.32. The van der Waals surface area contributed by atoms with Gasteiger partial charge in [-0.2, -0.15) is 13.2 Å². The Morgan fingerprint density at radius 2 is 1.72 bits per heavy atom. The molecule has 1 aromatic heterocycles. The number of halogens is 3. The molecule has 0 spiro atoms. The number of anilines is 2. The molecule has 1 heterocycles. The van der Waals surface area contributed by atoms with Gasteiger partial charge < -0.3 is 11.5 Å². The molecule has 96 valence electrons. The van der Waals surface area contributed by atoms with Crippen molar-refractivity contribution in [3.63, 3.8) is 0 Å². The van der Waals surface area contributed by atoms with Crippen LogP contribution in [0.2, 0.25) is 0 Å². The van der Waals surface area contributed by atoms with Crippen LogP contribution >= 0.6 is 0 Å². The molecule has 18 heavy (non-hydrogen) atoms. The van der Waals surface area contributed by atoms with Gasteiger partial charge in [0.05, 0.1) is 0 Å². The van der Waals surface area contributed by atoms with E-state index in [-0.39, 0.29) is 5.82 Å². The molecule has 0 aliphatic heterocycles. The summed E-state index contributed by atoms with van der Waals surface area (Å²) in [5.74, 6) is -0.0358. The van der Waals surface area contributed by atoms with Gasteiger partial charge in [-0.3, -0.25) is 0 Å². The number of hydrogen-bond acceptors (Lipinski definition) is 5. The molecular formula is C9H9F3N6. The van der Waals surface area contributed by atoms with Crippen molar-refractivity contribution < 1.29 is 13.2 Å². The lowest BCUT2D eigenvalue weighted by Gasteiger charge is -2.08. The van der Waals surface area contributed by atoms with E-state index in [9.17, 15) is 13.2 Å². The lowest BCUT2D eigenvalue weighted by Crippen LogP contribution is -2.19. The number of aromatic nitrogens is 4. The van der Waals surface area contributed by atoms with Crippen molar-refractivity contribution in [3.8, 4) is 11.4 Å². The van der Waals surface area contributed by atoms with E-state index in [0.717, 1.165) is 0 Å². The van der Waals surface area contributed by atoms with E-state index in [0.29, 0.717) is 21.6 Å². The molecule has 0 aliphatic rings. The molecule has 0 bridgehead atoms. The average molecular weight is 258 g/mol. The zero-order valence-corrected chi connectivity index (χ0v) is 9.02. The van der Waals surface area contributed by atoms with E-state index < -0.39 is 12.7 Å². The van der Waals surface area contributed by atoms with Gasteiger partial charge in [0, 0.05) is 16.9 Å². The Morgan fingerprint density at radius 3 is 2.28 bits per heavy atom. The van der Waals surface area contributed by atoms with Crippen molar-refractivity contribution >= 4 is 11.4 Å². The molecular weight excluding hydrogens is 249 g/mol. The number of benzene rings is 1. The molecule has 0 saturated carbocycles. The Labute approximate surface area is 99.4 Å². The highest BCUT2D eigenvalue weighted by atomic mass is 19.4. The summed E-state index contributed by atoms with van der Waals surface area (Å²) in [6.45, 7) is -1.27. The van der Waals surface area contributed by atoms with Crippen LogP contribution in [0.3, 0.4) is 0 Å². The smallest absolute Gasteiger partial charge is 0.399 e. The third-order valence-corrected chi connectivity index (χ3v) is 2.10. The Balaban J connectivity index is 2.42. The van der Waals surface area contributed by atoms with E-state index in [4.69, 9.17) is 11.5 Å². The molecule has 2 aromatic rings. The molecule has 0 fully saturated rings. The maximum absolute atomic E-state index is 12.3. The van der Waals surface area contributed by atoms with Crippen molar-refractivity contribution in [2.24, 2.45) is 0 Å². The number of hydrogen-bond donors (Lipinski definition) is 2. The van der Waals surface area contributed by atoms with Crippen molar-refractivity contribution in [2.75, 3.05) is 11.5 Å². The number of alkyl halides is 3. The minimum atomic E-state index is -4.41. The predicted molar refractivity (Wildman–Crippen MR) is 58.1 cm³/mol. The Bertz CT molecular complexity index is 541. The molecule has 9 heteroatoms. The highest BCUT2D eigenvalue weighted by molar-refractivity contribution is 5.67. The first-order valence-electron chi connectivity index (χ1n) is 4.84. The second-order valence-electron chi connectivity index (χ2n) is 3.66. The Kier molecular flexibility index (Phi) is 2.81. The van der Waals surface area contributed by atoms with Crippen LogP contribution in [0.4, 0.5) is 24.5 Å². The lowest BCUT2D eigenvalue weighted by molar-refractivity contribution is -0.142. The summed E-state index contributed by atoms with van der Waals surface area (Å²) in [6.07, 6.45) is -4.41. The SMILES string of the molecule is Nc1cc(N)cc(-c2nnnn2CC(F)(F)F)c1. The summed E-state index contributed by atoms with van der Waals surface area (Å²) in [5.41, 5.74) is 12.1. The van der Waals surface area contributed by atoms with Crippen molar-refractivity contribution in [2.45, 2.75) is 12.7 Å². The third kappa shape index (κ3) is 2.67. The van der Waals surface area contributed by atoms with Crippen LogP contribution in [-0.2, 0) is 6.54 Å². The molecule has 4 N–H and O–H groups in total. The molecule has 0 atom stereocenters. The van der Waals surface area contributed by atoms with Crippen LogP contribution < -0.4 is 11.5 Å². The zero-order chi connectivity index (χ0) is 13.3. The molecule has 1 aromatic carbocycles. The molecule has 0 amide bonds. The van der Waals surface area contributed by atoms with Gasteiger partial charge in [-0.15, -0.1) is 5.10 Å². The zero-order valence-electron chi connectivity index (χ0n) is 9.02. The van der Waals surface area contributed by atoms with Gasteiger partial charge in [0.1, 0.15) is 6.54 Å². The molecule has 0 aliphatic carbocycles. The van der Waals surface area contributed by atoms with E-state index >= 15 is 0 Å². The summed E-state index contributed by atoms with van der Waals surface area (Å²) in [4.78, 5) is 0. The van der Waals surface area contributed by atoms with Crippen LogP contribution in [0.25, 0.3) is 11.4 Å². The first kappa shape index (κ1) is 12.1. The summed E-state index contributed by atoms with van der Waals surface area (Å²) in [7, 11) is 0. The third-order valence-electron chi connectivity index (χ3n) is 2.10. The van der Waals surface area contributed by atoms with Gasteiger partial charge in [0.15, 0.2) is 5.82 Å². The quantitative estimate of drug-likeness (QED) is 0.785. The van der Waals surface area contributed by atoms with Crippen LogP contribution in [0.1, 0.15) is 0 Å². The Morgan fingerprint density at radius 1 is 1.11 bits per heavy atom. The first-order chi connectivity index (χ1) is 8.35. The predicted octanol–water partition coefficient (Wildman–Crippen LogP) is 1.07.